The van der Waals surface area contributed by atoms with Gasteiger partial charge in [-0.25, -0.2) is 8.42 Å². The fourth-order valence-electron chi connectivity index (χ4n) is 2.39. The van der Waals surface area contributed by atoms with E-state index in [-0.39, 0.29) is 5.69 Å². The Hall–Kier alpha value is -2.47. The Morgan fingerprint density at radius 3 is 2.20 bits per heavy atom. The zero-order chi connectivity index (χ0) is 22.9. The second-order valence-corrected chi connectivity index (χ2v) is 8.37. The van der Waals surface area contributed by atoms with Gasteiger partial charge in [-0.15, -0.1) is 0 Å². The van der Waals surface area contributed by atoms with Crippen molar-refractivity contribution in [1.29, 1.82) is 0 Å². The summed E-state index contributed by atoms with van der Waals surface area (Å²) in [5.74, 6) is -1.08. The number of carbonyl (C=O) groups excluding carboxylic acids is 1. The smallest absolute Gasteiger partial charge is 0.324 e. The van der Waals surface area contributed by atoms with E-state index in [1.807, 2.05) is 0 Å². The van der Waals surface area contributed by atoms with Crippen LogP contribution in [0.3, 0.4) is 0 Å². The maximum absolute atomic E-state index is 12.9. The Morgan fingerprint density at radius 1 is 1.03 bits per heavy atom. The molecule has 0 bridgehead atoms. The Balaban J connectivity index is 2.30. The minimum absolute atomic E-state index is 0.325. The first-order valence-electron chi connectivity index (χ1n) is 7.90. The van der Waals surface area contributed by atoms with Gasteiger partial charge < -0.3 is 5.32 Å². The molecular weight excluding hydrogens is 462 g/mol. The second-order valence-electron chi connectivity index (χ2n) is 6.06. The third-order valence-electron chi connectivity index (χ3n) is 3.70. The van der Waals surface area contributed by atoms with Gasteiger partial charge in [0.15, 0.2) is 0 Å². The molecule has 164 valence electrons. The van der Waals surface area contributed by atoms with Gasteiger partial charge in [0, 0.05) is 5.69 Å². The molecule has 5 nitrogen and oxygen atoms in total. The van der Waals surface area contributed by atoms with Crippen LogP contribution >= 0.6 is 11.6 Å². The van der Waals surface area contributed by atoms with Crippen LogP contribution in [0.15, 0.2) is 42.5 Å². The van der Waals surface area contributed by atoms with Crippen molar-refractivity contribution in [3.8, 4) is 0 Å². The number of amides is 1. The molecule has 13 heteroatoms. The average Bonchev–Trinajstić information content (AvgIpc) is 2.59. The van der Waals surface area contributed by atoms with E-state index in [2.05, 4.69) is 5.32 Å². The predicted octanol–water partition coefficient (Wildman–Crippen LogP) is 4.78. The number of nitrogens with zero attached hydrogens (tertiary/aromatic N) is 1. The lowest BCUT2D eigenvalue weighted by Gasteiger charge is -2.23. The lowest BCUT2D eigenvalue weighted by Crippen LogP contribution is -2.37. The SMILES string of the molecule is CS(=O)(=O)N(CC(=O)Nc1ccc(Cl)c(C(F)(F)F)c1)c1cccc(C(F)(F)F)c1. The van der Waals surface area contributed by atoms with Crippen LogP contribution < -0.4 is 9.62 Å². The summed E-state index contributed by atoms with van der Waals surface area (Å²) in [7, 11) is -4.20. The molecular formula is C17H13ClF6N2O3S. The van der Waals surface area contributed by atoms with Crippen LogP contribution in [0.1, 0.15) is 11.1 Å². The monoisotopic (exact) mass is 474 g/mol. The fourth-order valence-corrected chi connectivity index (χ4v) is 3.46. The second kappa shape index (κ2) is 8.34. The Morgan fingerprint density at radius 2 is 1.67 bits per heavy atom. The van der Waals surface area contributed by atoms with Crippen molar-refractivity contribution in [2.24, 2.45) is 0 Å². The number of anilines is 2. The Bertz CT molecular complexity index is 1050. The zero-order valence-corrected chi connectivity index (χ0v) is 16.5. The molecule has 0 radical (unpaired) electrons. The first kappa shape index (κ1) is 23.8. The Labute approximate surface area is 172 Å². The number of carbonyl (C=O) groups is 1. The summed E-state index contributed by atoms with van der Waals surface area (Å²) < 4.78 is 102. The van der Waals surface area contributed by atoms with E-state index in [4.69, 9.17) is 11.6 Å². The van der Waals surface area contributed by atoms with E-state index in [1.165, 1.54) is 0 Å². The topological polar surface area (TPSA) is 66.5 Å². The van der Waals surface area contributed by atoms with E-state index in [9.17, 15) is 39.6 Å². The number of halogens is 7. The number of hydrogen-bond acceptors (Lipinski definition) is 3. The molecule has 2 aromatic rings. The summed E-state index contributed by atoms with van der Waals surface area (Å²) in [4.78, 5) is 12.2. The number of nitrogens with one attached hydrogen (secondary N) is 1. The number of benzene rings is 2. The Kier molecular flexibility index (Phi) is 6.62. The lowest BCUT2D eigenvalue weighted by molar-refractivity contribution is -0.138. The first-order chi connectivity index (χ1) is 13.6. The van der Waals surface area contributed by atoms with E-state index in [1.54, 1.807) is 0 Å². The molecule has 1 N–H and O–H groups in total. The lowest BCUT2D eigenvalue weighted by atomic mass is 10.2. The van der Waals surface area contributed by atoms with Crippen molar-refractivity contribution in [2.75, 3.05) is 22.4 Å². The normalized spacial score (nSPS) is 12.5. The van der Waals surface area contributed by atoms with Crippen molar-refractivity contribution in [1.82, 2.24) is 0 Å². The molecule has 0 heterocycles. The van der Waals surface area contributed by atoms with E-state index >= 15 is 0 Å². The minimum atomic E-state index is -4.80. The summed E-state index contributed by atoms with van der Waals surface area (Å²) in [5, 5.41) is 1.46. The molecule has 1 amide bonds. The molecule has 0 aliphatic rings. The number of sulfonamides is 1. The van der Waals surface area contributed by atoms with Crippen LogP contribution in [0.5, 0.6) is 0 Å². The third-order valence-corrected chi connectivity index (χ3v) is 5.17. The fraction of sp³-hybridized carbons (Fsp3) is 0.235. The highest BCUT2D eigenvalue weighted by Crippen LogP contribution is 2.36. The first-order valence-corrected chi connectivity index (χ1v) is 10.1. The van der Waals surface area contributed by atoms with Crippen LogP contribution in [-0.4, -0.2) is 27.1 Å². The van der Waals surface area contributed by atoms with Crippen LogP contribution in [0.4, 0.5) is 37.7 Å². The van der Waals surface area contributed by atoms with Gasteiger partial charge in [-0.2, -0.15) is 26.3 Å². The predicted molar refractivity (Wildman–Crippen MR) is 98.7 cm³/mol. The van der Waals surface area contributed by atoms with Crippen LogP contribution in [-0.2, 0) is 27.2 Å². The van der Waals surface area contributed by atoms with Gasteiger partial charge in [0.2, 0.25) is 15.9 Å². The van der Waals surface area contributed by atoms with Gasteiger partial charge in [0.05, 0.1) is 28.1 Å². The van der Waals surface area contributed by atoms with Crippen LogP contribution in [0.25, 0.3) is 0 Å². The highest BCUT2D eigenvalue weighted by atomic mass is 35.5. The van der Waals surface area contributed by atoms with Crippen LogP contribution in [0, 0.1) is 0 Å². The summed E-state index contributed by atoms with van der Waals surface area (Å²) in [6.45, 7) is -0.968. The third kappa shape index (κ3) is 6.02. The van der Waals surface area contributed by atoms with Gasteiger partial charge >= 0.3 is 12.4 Å². The van der Waals surface area contributed by atoms with Crippen molar-refractivity contribution < 1.29 is 39.6 Å². The molecule has 0 aliphatic heterocycles. The standard InChI is InChI=1S/C17H13ClF6N2O3S/c1-30(28,29)26(12-4-2-3-10(7-12)16(19,20)21)9-15(27)25-11-5-6-14(18)13(8-11)17(22,23)24/h2-8H,9H2,1H3,(H,25,27). The van der Waals surface area contributed by atoms with E-state index in [0.29, 0.717) is 22.7 Å². The van der Waals surface area contributed by atoms with E-state index in [0.717, 1.165) is 30.3 Å². The van der Waals surface area contributed by atoms with Gasteiger partial charge in [-0.05, 0) is 36.4 Å². The molecule has 0 saturated heterocycles. The molecule has 0 fully saturated rings. The molecule has 0 saturated carbocycles. The highest BCUT2D eigenvalue weighted by molar-refractivity contribution is 7.92. The van der Waals surface area contributed by atoms with E-state index < -0.39 is 56.7 Å². The van der Waals surface area contributed by atoms with Gasteiger partial charge in [0.1, 0.15) is 6.54 Å². The highest BCUT2D eigenvalue weighted by Gasteiger charge is 2.34. The van der Waals surface area contributed by atoms with Crippen molar-refractivity contribution >= 4 is 38.9 Å². The minimum Gasteiger partial charge on any atom is -0.324 e. The summed E-state index contributed by atoms with van der Waals surface area (Å²) in [5.41, 5.74) is -3.12. The van der Waals surface area contributed by atoms with Crippen LogP contribution in [0.2, 0.25) is 5.02 Å². The average molecular weight is 475 g/mol. The summed E-state index contributed by atoms with van der Waals surface area (Å²) >= 11 is 5.48. The maximum atomic E-state index is 12.9. The zero-order valence-electron chi connectivity index (χ0n) is 15.0. The molecule has 0 aliphatic carbocycles. The molecule has 0 aromatic heterocycles. The van der Waals surface area contributed by atoms with Crippen molar-refractivity contribution in [3.05, 3.63) is 58.6 Å². The molecule has 0 unspecified atom stereocenters. The molecule has 0 spiro atoms. The van der Waals surface area contributed by atoms with Gasteiger partial charge in [-0.1, -0.05) is 17.7 Å². The largest absolute Gasteiger partial charge is 0.417 e. The number of hydrogen-bond donors (Lipinski definition) is 1. The molecule has 0 atom stereocenters. The number of alkyl halides is 6. The quantitative estimate of drug-likeness (QED) is 0.634. The molecule has 30 heavy (non-hydrogen) atoms. The maximum Gasteiger partial charge on any atom is 0.417 e. The summed E-state index contributed by atoms with van der Waals surface area (Å²) in [6, 6.07) is 5.77. The van der Waals surface area contributed by atoms with Crippen molar-refractivity contribution in [3.63, 3.8) is 0 Å². The van der Waals surface area contributed by atoms with Crippen molar-refractivity contribution in [2.45, 2.75) is 12.4 Å². The van der Waals surface area contributed by atoms with Gasteiger partial charge in [0.25, 0.3) is 0 Å². The number of rotatable bonds is 5. The molecule has 2 aromatic carbocycles. The molecule has 2 rings (SSSR count). The van der Waals surface area contributed by atoms with Gasteiger partial charge in [-0.3, -0.25) is 9.10 Å². The summed E-state index contributed by atoms with van der Waals surface area (Å²) in [6.07, 6.45) is -8.88.